The Bertz CT molecular complexity index is 1500. The summed E-state index contributed by atoms with van der Waals surface area (Å²) in [5, 5.41) is 11.5. The van der Waals surface area contributed by atoms with Crippen molar-refractivity contribution in [2.45, 2.75) is 142 Å². The minimum atomic E-state index is -1.38. The summed E-state index contributed by atoms with van der Waals surface area (Å²) in [6.07, 6.45) is 0.434. The summed E-state index contributed by atoms with van der Waals surface area (Å²) >= 11 is 0. The van der Waals surface area contributed by atoms with E-state index in [0.717, 1.165) is 5.56 Å². The molecule has 1 N–H and O–H groups in total. The molecule has 3 saturated heterocycles. The second kappa shape index (κ2) is 19.3. The fourth-order valence-corrected chi connectivity index (χ4v) is 9.43. The van der Waals surface area contributed by atoms with Crippen molar-refractivity contribution in [2.24, 2.45) is 23.7 Å². The van der Waals surface area contributed by atoms with Gasteiger partial charge in [0.2, 0.25) is 0 Å². The number of ether oxygens (including phenoxy) is 5. The second-order valence-electron chi connectivity index (χ2n) is 17.0. The van der Waals surface area contributed by atoms with Crippen LogP contribution in [0.15, 0.2) is 24.5 Å². The molecule has 1 aromatic heterocycles. The summed E-state index contributed by atoms with van der Waals surface area (Å²) in [6, 6.07) is 2.96. The van der Waals surface area contributed by atoms with Gasteiger partial charge in [0.05, 0.1) is 30.4 Å². The molecule has 3 aliphatic rings. The Morgan fingerprint density at radius 2 is 1.73 bits per heavy atom. The number of methoxy groups -OCH3 is 1. The van der Waals surface area contributed by atoms with Crippen LogP contribution in [0.25, 0.3) is 0 Å². The van der Waals surface area contributed by atoms with Crippen LogP contribution in [-0.4, -0.2) is 150 Å². The van der Waals surface area contributed by atoms with Gasteiger partial charge in [0.25, 0.3) is 0 Å². The average molecular weight is 789 g/mol. The molecule has 14 nitrogen and oxygen atoms in total. The molecule has 56 heavy (non-hydrogen) atoms. The average Bonchev–Trinajstić information content (AvgIpc) is 3.17. The highest BCUT2D eigenvalue weighted by Gasteiger charge is 2.59. The predicted molar refractivity (Wildman–Crippen MR) is 209 cm³/mol. The van der Waals surface area contributed by atoms with Gasteiger partial charge < -0.3 is 38.6 Å². The maximum atomic E-state index is 14.9. The lowest BCUT2D eigenvalue weighted by atomic mass is 9.71. The molecule has 316 valence electrons. The lowest BCUT2D eigenvalue weighted by Crippen LogP contribution is -2.70. The smallest absolute Gasteiger partial charge is 0.320 e. The number of esters is 2. The molecule has 4 heterocycles. The molecule has 0 saturated carbocycles. The topological polar surface area (TPSA) is 157 Å². The van der Waals surface area contributed by atoms with Gasteiger partial charge in [0.15, 0.2) is 17.7 Å². The van der Waals surface area contributed by atoms with Gasteiger partial charge in [-0.15, -0.1) is 0 Å². The number of aromatic nitrogens is 1. The summed E-state index contributed by atoms with van der Waals surface area (Å²) in [5.74, 6) is -5.24. The monoisotopic (exact) mass is 788 g/mol. The number of hydrogen-bond acceptors (Lipinski definition) is 14. The van der Waals surface area contributed by atoms with Gasteiger partial charge in [0.1, 0.15) is 23.9 Å². The number of nitrogens with zero attached hydrogens (tertiary/aromatic N) is 4. The molecular weight excluding hydrogens is 720 g/mol. The Morgan fingerprint density at radius 3 is 2.32 bits per heavy atom. The summed E-state index contributed by atoms with van der Waals surface area (Å²) < 4.78 is 31.6. The first-order valence-electron chi connectivity index (χ1n) is 20.4. The number of aliphatic hydroxyl groups excluding tert-OH is 1. The molecule has 13 atom stereocenters. The molecule has 0 aromatic carbocycles. The number of cyclic esters (lactones) is 1. The molecule has 0 bridgehead atoms. The highest BCUT2D eigenvalue weighted by molar-refractivity contribution is 6.00. The number of aliphatic hydroxyl groups is 1. The fourth-order valence-electron chi connectivity index (χ4n) is 9.43. The maximum Gasteiger partial charge on any atom is 0.320 e. The summed E-state index contributed by atoms with van der Waals surface area (Å²) in [7, 11) is 7.26. The third-order valence-electron chi connectivity index (χ3n) is 12.6. The van der Waals surface area contributed by atoms with Crippen LogP contribution < -0.4 is 0 Å². The van der Waals surface area contributed by atoms with E-state index in [1.807, 2.05) is 83.9 Å². The minimum absolute atomic E-state index is 0.0439. The number of hydrogen-bond donors (Lipinski definition) is 1. The third kappa shape index (κ3) is 9.87. The SMILES string of the molecule is CCC1OC(=O)C(C)C(=O)C(C)[C@@H](OC2OC(C)CC(N(C)C)[C@H]2O)[C@@](C)(OC)C[C@@H](C)C(=O)[C@H](C)[C@H]2N(CCN(C)Cc3cccnc3)CC(=O)OC12CC. The Balaban J connectivity index is 1.77. The van der Waals surface area contributed by atoms with Crippen LogP contribution in [0.3, 0.4) is 0 Å². The van der Waals surface area contributed by atoms with Crippen LogP contribution in [0.1, 0.15) is 86.6 Å². The minimum Gasteiger partial charge on any atom is -0.458 e. The molecule has 1 aromatic rings. The van der Waals surface area contributed by atoms with Gasteiger partial charge in [-0.2, -0.15) is 0 Å². The van der Waals surface area contributed by atoms with E-state index in [9.17, 15) is 24.3 Å². The molecule has 0 radical (unpaired) electrons. The Labute approximate surface area is 333 Å². The molecule has 3 fully saturated rings. The number of morpholine rings is 1. The van der Waals surface area contributed by atoms with Crippen molar-refractivity contribution in [3.05, 3.63) is 30.1 Å². The van der Waals surface area contributed by atoms with Crippen molar-refractivity contribution in [3.8, 4) is 0 Å². The molecule has 7 unspecified atom stereocenters. The van der Waals surface area contributed by atoms with Crippen molar-refractivity contribution in [1.82, 2.24) is 19.7 Å². The van der Waals surface area contributed by atoms with Crippen LogP contribution in [-0.2, 0) is 49.4 Å². The lowest BCUT2D eigenvalue weighted by Gasteiger charge is -2.53. The van der Waals surface area contributed by atoms with Gasteiger partial charge in [-0.3, -0.25) is 29.1 Å². The third-order valence-corrected chi connectivity index (χ3v) is 12.6. The largest absolute Gasteiger partial charge is 0.458 e. The highest BCUT2D eigenvalue weighted by atomic mass is 16.7. The summed E-state index contributed by atoms with van der Waals surface area (Å²) in [4.78, 5) is 67.2. The first-order chi connectivity index (χ1) is 26.3. The normalized spacial score (nSPS) is 38.2. The van der Waals surface area contributed by atoms with Crippen molar-refractivity contribution in [3.63, 3.8) is 0 Å². The molecule has 14 heteroatoms. The van der Waals surface area contributed by atoms with Crippen LogP contribution in [0.4, 0.5) is 0 Å². The molecule has 3 aliphatic heterocycles. The van der Waals surface area contributed by atoms with E-state index in [-0.39, 0.29) is 43.7 Å². The van der Waals surface area contributed by atoms with Crippen molar-refractivity contribution in [2.75, 3.05) is 47.9 Å². The zero-order valence-corrected chi connectivity index (χ0v) is 35.7. The van der Waals surface area contributed by atoms with Crippen molar-refractivity contribution < 1.29 is 48.0 Å². The molecule has 0 amide bonds. The molecular formula is C42H68N4O10. The first-order valence-corrected chi connectivity index (χ1v) is 20.4. The summed E-state index contributed by atoms with van der Waals surface area (Å²) in [6.45, 7) is 15.9. The van der Waals surface area contributed by atoms with E-state index in [1.54, 1.807) is 20.0 Å². The van der Waals surface area contributed by atoms with Crippen LogP contribution in [0, 0.1) is 23.7 Å². The van der Waals surface area contributed by atoms with Gasteiger partial charge in [-0.05, 0) is 79.2 Å². The predicted octanol–water partition coefficient (Wildman–Crippen LogP) is 3.51. The quantitative estimate of drug-likeness (QED) is 0.257. The molecule has 0 aliphatic carbocycles. The van der Waals surface area contributed by atoms with Gasteiger partial charge in [-0.25, -0.2) is 0 Å². The Kier molecular flexibility index (Phi) is 15.8. The number of carbonyl (C=O) groups is 4. The van der Waals surface area contributed by atoms with Gasteiger partial charge in [-0.1, -0.05) is 40.7 Å². The Morgan fingerprint density at radius 1 is 1.04 bits per heavy atom. The van der Waals surface area contributed by atoms with E-state index >= 15 is 0 Å². The second-order valence-corrected chi connectivity index (χ2v) is 17.0. The van der Waals surface area contributed by atoms with Crippen molar-refractivity contribution in [1.29, 1.82) is 0 Å². The standard InChI is InChI=1S/C42H68N4O10/c1-13-32-42(14-2)37(46(24-33(47)56-42)19-18-45(11)23-30-16-15-17-43-22-30)27(5)34(48)25(3)21-41(8,52-12)38(28(6)35(49)29(7)39(51)54-32)55-40-36(50)31(44(9)10)20-26(4)53-40/h15-17,22,25-29,31-32,36-38,40,50H,13-14,18-21,23-24H2,1-12H3/t25-,26?,27+,28?,29?,31?,32?,36-,37-,38-,40?,41+,42?/m1/s1. The Hall–Kier alpha value is -2.85. The van der Waals surface area contributed by atoms with E-state index in [0.29, 0.717) is 26.1 Å². The first kappa shape index (κ1) is 45.8. The number of likely N-dealkylation sites (N-methyl/N-ethyl adjacent to an activating group) is 2. The zero-order chi connectivity index (χ0) is 41.7. The maximum absolute atomic E-state index is 14.9. The van der Waals surface area contributed by atoms with Crippen LogP contribution >= 0.6 is 0 Å². The lowest BCUT2D eigenvalue weighted by molar-refractivity contribution is -0.295. The number of ketones is 2. The fraction of sp³-hybridized carbons (Fsp3) is 0.786. The van der Waals surface area contributed by atoms with Crippen LogP contribution in [0.2, 0.25) is 0 Å². The summed E-state index contributed by atoms with van der Waals surface area (Å²) in [5.41, 5.74) is -1.59. The van der Waals surface area contributed by atoms with Gasteiger partial charge in [0, 0.05) is 62.9 Å². The highest BCUT2D eigenvalue weighted by Crippen LogP contribution is 2.43. The molecule has 4 rings (SSSR count). The van der Waals surface area contributed by atoms with Crippen LogP contribution in [0.5, 0.6) is 0 Å². The number of carbonyl (C=O) groups excluding carboxylic acids is 4. The van der Waals surface area contributed by atoms with E-state index < -0.39 is 83.2 Å². The number of fused-ring (bicyclic) bond motifs is 1. The van der Waals surface area contributed by atoms with Gasteiger partial charge >= 0.3 is 11.9 Å². The number of Topliss-reactive ketones (excluding diaryl/α,β-unsaturated/α-hetero) is 2. The number of pyridine rings is 1. The van der Waals surface area contributed by atoms with E-state index in [2.05, 4.69) is 9.88 Å². The van der Waals surface area contributed by atoms with Crippen molar-refractivity contribution >= 4 is 23.5 Å². The van der Waals surface area contributed by atoms with E-state index in [1.165, 1.54) is 14.0 Å². The number of rotatable bonds is 11. The molecule has 0 spiro atoms. The zero-order valence-electron chi connectivity index (χ0n) is 35.7. The van der Waals surface area contributed by atoms with E-state index in [4.69, 9.17) is 23.7 Å².